The van der Waals surface area contributed by atoms with Crippen LogP contribution in [0.15, 0.2) is 53.6 Å². The van der Waals surface area contributed by atoms with Gasteiger partial charge >= 0.3 is 5.97 Å². The van der Waals surface area contributed by atoms with Crippen LogP contribution in [0.25, 0.3) is 0 Å². The van der Waals surface area contributed by atoms with Gasteiger partial charge < -0.3 is 14.2 Å². The molecule has 0 radical (unpaired) electrons. The summed E-state index contributed by atoms with van der Waals surface area (Å²) in [7, 11) is 2.10. The van der Waals surface area contributed by atoms with Gasteiger partial charge in [0.15, 0.2) is 0 Å². The van der Waals surface area contributed by atoms with Gasteiger partial charge in [0.05, 0.1) is 5.56 Å². The van der Waals surface area contributed by atoms with E-state index in [1.165, 1.54) is 24.0 Å². The smallest absolute Gasteiger partial charge is 0.338 e. The molecular formula is C33H52N2O3Si. The number of benzene rings is 2. The molecule has 0 aromatic heterocycles. The van der Waals surface area contributed by atoms with Crippen molar-refractivity contribution in [3.8, 4) is 5.75 Å². The predicted molar refractivity (Wildman–Crippen MR) is 167 cm³/mol. The molecule has 0 saturated carbocycles. The zero-order valence-corrected chi connectivity index (χ0v) is 27.1. The van der Waals surface area contributed by atoms with E-state index in [-0.39, 0.29) is 11.0 Å². The van der Waals surface area contributed by atoms with Gasteiger partial charge in [0.2, 0.25) is 8.32 Å². The van der Waals surface area contributed by atoms with Crippen molar-refractivity contribution in [2.45, 2.75) is 104 Å². The zero-order chi connectivity index (χ0) is 29.3. The summed E-state index contributed by atoms with van der Waals surface area (Å²) >= 11 is 0. The number of aryl methyl sites for hydroxylation is 1. The van der Waals surface area contributed by atoms with E-state index in [1.54, 1.807) is 0 Å². The molecule has 0 aliphatic rings. The van der Waals surface area contributed by atoms with Crippen LogP contribution >= 0.6 is 0 Å². The molecule has 0 bridgehead atoms. The molecule has 1 unspecified atom stereocenters. The van der Waals surface area contributed by atoms with Gasteiger partial charge in [0.25, 0.3) is 0 Å². The average molecular weight is 553 g/mol. The van der Waals surface area contributed by atoms with Gasteiger partial charge in [-0.15, -0.1) is 0 Å². The third kappa shape index (κ3) is 12.0. The minimum absolute atomic E-state index is 0.199. The van der Waals surface area contributed by atoms with Crippen LogP contribution in [0.4, 0.5) is 0 Å². The maximum Gasteiger partial charge on any atom is 0.338 e. The van der Waals surface area contributed by atoms with Crippen LogP contribution in [-0.2, 0) is 17.6 Å². The summed E-state index contributed by atoms with van der Waals surface area (Å²) in [5.74, 6) is 1.07. The van der Waals surface area contributed by atoms with E-state index in [2.05, 4.69) is 69.4 Å². The van der Waals surface area contributed by atoms with Gasteiger partial charge in [-0.2, -0.15) is 5.10 Å². The fourth-order valence-corrected chi connectivity index (χ4v) is 4.99. The fourth-order valence-electron chi connectivity index (χ4n) is 3.96. The van der Waals surface area contributed by atoms with Gasteiger partial charge in [-0.3, -0.25) is 0 Å². The highest BCUT2D eigenvalue weighted by Crippen LogP contribution is 2.37. The van der Waals surface area contributed by atoms with Crippen LogP contribution in [0.1, 0.15) is 88.7 Å². The quantitative estimate of drug-likeness (QED) is 0.0821. The molecule has 2 aromatic carbocycles. The number of esters is 1. The average Bonchev–Trinajstić information content (AvgIpc) is 2.81. The first kappa shape index (κ1) is 32.6. The van der Waals surface area contributed by atoms with Crippen molar-refractivity contribution in [2.24, 2.45) is 11.0 Å². The highest BCUT2D eigenvalue weighted by atomic mass is 28.4. The first-order valence-corrected chi connectivity index (χ1v) is 17.3. The Labute approximate surface area is 239 Å². The molecule has 0 saturated heterocycles. The molecule has 0 spiro atoms. The summed E-state index contributed by atoms with van der Waals surface area (Å²) in [5.41, 5.74) is 2.67. The maximum absolute atomic E-state index is 12.3. The number of hydrogen-bond acceptors (Lipinski definition) is 5. The Hall–Kier alpha value is -2.60. The molecule has 2 rings (SSSR count). The van der Waals surface area contributed by atoms with Crippen molar-refractivity contribution in [3.05, 3.63) is 65.2 Å². The molecule has 2 aromatic rings. The van der Waals surface area contributed by atoms with Crippen LogP contribution in [0.2, 0.25) is 18.1 Å². The number of carbonyl (C=O) groups is 1. The number of nitrogens with zero attached hydrogens (tertiary/aromatic N) is 2. The van der Waals surface area contributed by atoms with E-state index in [0.29, 0.717) is 11.5 Å². The summed E-state index contributed by atoms with van der Waals surface area (Å²) < 4.78 is 11.9. The lowest BCUT2D eigenvalue weighted by molar-refractivity contribution is 0.00695. The Bertz CT molecular complexity index is 1050. The third-order valence-corrected chi connectivity index (χ3v) is 11.6. The van der Waals surface area contributed by atoms with Crippen LogP contribution in [0, 0.1) is 5.92 Å². The highest BCUT2D eigenvalue weighted by molar-refractivity contribution is 6.74. The molecule has 0 N–H and O–H groups in total. The largest absolute Gasteiger partial charge is 0.544 e. The Morgan fingerprint density at radius 1 is 0.897 bits per heavy atom. The van der Waals surface area contributed by atoms with E-state index in [4.69, 9.17) is 9.16 Å². The second-order valence-corrected chi connectivity index (χ2v) is 18.1. The molecule has 0 aliphatic carbocycles. The number of unbranched alkanes of at least 4 members (excludes halogenated alkanes) is 2. The number of hydrogen-bond donors (Lipinski definition) is 0. The van der Waals surface area contributed by atoms with Crippen molar-refractivity contribution in [2.75, 3.05) is 14.1 Å². The van der Waals surface area contributed by atoms with Gasteiger partial charge in [-0.05, 0) is 100.0 Å². The zero-order valence-electron chi connectivity index (χ0n) is 26.1. The molecule has 5 nitrogen and oxygen atoms in total. The second-order valence-electron chi connectivity index (χ2n) is 13.4. The molecule has 216 valence electrons. The molecule has 39 heavy (non-hydrogen) atoms. The summed E-state index contributed by atoms with van der Waals surface area (Å²) in [6.45, 7) is 17.0. The lowest BCUT2D eigenvalue weighted by Crippen LogP contribution is -2.43. The first-order chi connectivity index (χ1) is 18.1. The van der Waals surface area contributed by atoms with E-state index in [1.807, 2.05) is 64.1 Å². The van der Waals surface area contributed by atoms with E-state index < -0.39 is 13.9 Å². The SMILES string of the molecule is CN(C)/N=C/C(CCCCCc1ccc(O[Si](C)(C)C(C)(C)C)cc1)Cc1ccc(C(=O)OC(C)(C)C)cc1. The summed E-state index contributed by atoms with van der Waals surface area (Å²) in [6.07, 6.45) is 8.67. The number of hydrazone groups is 1. The molecule has 0 amide bonds. The van der Waals surface area contributed by atoms with Crippen molar-refractivity contribution in [3.63, 3.8) is 0 Å². The molecular weight excluding hydrogens is 500 g/mol. The fraction of sp³-hybridized carbons (Fsp3) is 0.576. The van der Waals surface area contributed by atoms with Crippen molar-refractivity contribution in [1.29, 1.82) is 0 Å². The topological polar surface area (TPSA) is 51.1 Å². The van der Waals surface area contributed by atoms with Crippen LogP contribution < -0.4 is 4.43 Å². The monoisotopic (exact) mass is 552 g/mol. The first-order valence-electron chi connectivity index (χ1n) is 14.4. The van der Waals surface area contributed by atoms with Gasteiger partial charge in [-0.25, -0.2) is 4.79 Å². The minimum Gasteiger partial charge on any atom is -0.544 e. The van der Waals surface area contributed by atoms with E-state index in [9.17, 15) is 4.79 Å². The summed E-state index contributed by atoms with van der Waals surface area (Å²) in [4.78, 5) is 12.3. The standard InChI is InChI=1S/C33H52N2O3Si/c1-32(2,3)37-31(36)29-20-16-27(17-21-29)24-28(25-34-35(7)8)15-13-11-12-14-26-18-22-30(23-19-26)38-39(9,10)33(4,5)6/h16-23,25,28H,11-15,24H2,1-10H3/b34-25+. The molecule has 6 heteroatoms. The van der Waals surface area contributed by atoms with Crippen LogP contribution in [0.5, 0.6) is 5.75 Å². The Kier molecular flexibility index (Phi) is 11.8. The van der Waals surface area contributed by atoms with Crippen molar-refractivity contribution < 1.29 is 14.0 Å². The van der Waals surface area contributed by atoms with E-state index >= 15 is 0 Å². The number of ether oxygens (including phenoxy) is 1. The van der Waals surface area contributed by atoms with Gasteiger partial charge in [0.1, 0.15) is 11.4 Å². The predicted octanol–water partition coefficient (Wildman–Crippen LogP) is 8.54. The van der Waals surface area contributed by atoms with Crippen molar-refractivity contribution in [1.82, 2.24) is 5.01 Å². The van der Waals surface area contributed by atoms with Crippen molar-refractivity contribution >= 4 is 20.5 Å². The third-order valence-electron chi connectivity index (χ3n) is 7.24. The Balaban J connectivity index is 1.85. The highest BCUT2D eigenvalue weighted by Gasteiger charge is 2.38. The van der Waals surface area contributed by atoms with Gasteiger partial charge in [0, 0.05) is 26.2 Å². The molecule has 0 fully saturated rings. The lowest BCUT2D eigenvalue weighted by Gasteiger charge is -2.36. The van der Waals surface area contributed by atoms with Crippen LogP contribution in [0.3, 0.4) is 0 Å². The van der Waals surface area contributed by atoms with E-state index in [0.717, 1.165) is 31.4 Å². The summed E-state index contributed by atoms with van der Waals surface area (Å²) in [6, 6.07) is 16.5. The Morgan fingerprint density at radius 2 is 1.49 bits per heavy atom. The molecule has 0 heterocycles. The summed E-state index contributed by atoms with van der Waals surface area (Å²) in [5, 5.41) is 6.57. The number of rotatable bonds is 13. The molecule has 1 atom stereocenters. The minimum atomic E-state index is -1.80. The maximum atomic E-state index is 12.3. The second kappa shape index (κ2) is 14.2. The van der Waals surface area contributed by atoms with Crippen LogP contribution in [-0.4, -0.2) is 45.2 Å². The lowest BCUT2D eigenvalue weighted by atomic mass is 9.93. The molecule has 0 aliphatic heterocycles. The van der Waals surface area contributed by atoms with Gasteiger partial charge in [-0.1, -0.05) is 57.9 Å². The number of carbonyl (C=O) groups excluding carboxylic acids is 1. The normalized spacial score (nSPS) is 13.4. The Morgan fingerprint density at radius 3 is 2.03 bits per heavy atom.